The molecule has 0 radical (unpaired) electrons. The molecular weight excluding hydrogens is 258 g/mol. The van der Waals surface area contributed by atoms with Crippen molar-refractivity contribution in [1.29, 1.82) is 0 Å². The molecule has 1 aliphatic carbocycles. The highest BCUT2D eigenvalue weighted by molar-refractivity contribution is 6.23. The van der Waals surface area contributed by atoms with E-state index in [9.17, 15) is 17.6 Å². The number of hydrogen-bond donors (Lipinski definition) is 1. The lowest BCUT2D eigenvalue weighted by Crippen LogP contribution is -2.66. The van der Waals surface area contributed by atoms with Crippen LogP contribution < -0.4 is 5.73 Å². The lowest BCUT2D eigenvalue weighted by Gasteiger charge is -2.48. The zero-order valence-electron chi connectivity index (χ0n) is 8.85. The van der Waals surface area contributed by atoms with Crippen LogP contribution in [0.5, 0.6) is 0 Å². The van der Waals surface area contributed by atoms with E-state index in [0.717, 1.165) is 0 Å². The zero-order chi connectivity index (χ0) is 13.0. The molecule has 17 heavy (non-hydrogen) atoms. The van der Waals surface area contributed by atoms with Gasteiger partial charge in [-0.2, -0.15) is 17.6 Å². The van der Waals surface area contributed by atoms with E-state index in [-0.39, 0.29) is 5.56 Å². The minimum Gasteiger partial charge on any atom is -0.399 e. The number of nitrogens with two attached hydrogens (primary N) is 1. The number of halogens is 5. The van der Waals surface area contributed by atoms with E-state index in [0.29, 0.717) is 11.3 Å². The zero-order valence-corrected chi connectivity index (χ0v) is 9.61. The van der Waals surface area contributed by atoms with Crippen molar-refractivity contribution in [2.75, 3.05) is 5.73 Å². The van der Waals surface area contributed by atoms with Gasteiger partial charge in [0.25, 0.3) is 0 Å². The Morgan fingerprint density at radius 3 is 2.24 bits per heavy atom. The molecule has 1 nitrogen and oxygen atoms in total. The molecule has 0 spiro atoms. The molecule has 2 unspecified atom stereocenters. The maximum absolute atomic E-state index is 13.3. The molecule has 0 saturated heterocycles. The largest absolute Gasteiger partial charge is 0.399 e. The summed E-state index contributed by atoms with van der Waals surface area (Å²) in [5.41, 5.74) is 6.62. The van der Waals surface area contributed by atoms with Crippen LogP contribution in [0.1, 0.15) is 17.0 Å². The SMILES string of the molecule is Cc1cc(C2C(Cl)C(F)(F)C2(F)F)ccc1N. The fourth-order valence-electron chi connectivity index (χ4n) is 1.96. The number of alkyl halides is 5. The van der Waals surface area contributed by atoms with Crippen molar-refractivity contribution in [3.63, 3.8) is 0 Å². The molecule has 1 aliphatic rings. The highest BCUT2D eigenvalue weighted by atomic mass is 35.5. The quantitative estimate of drug-likeness (QED) is 0.470. The summed E-state index contributed by atoms with van der Waals surface area (Å²) in [7, 11) is 0. The van der Waals surface area contributed by atoms with Crippen molar-refractivity contribution in [2.45, 2.75) is 30.1 Å². The van der Waals surface area contributed by atoms with E-state index in [2.05, 4.69) is 0 Å². The van der Waals surface area contributed by atoms with Crippen LogP contribution in [-0.4, -0.2) is 17.2 Å². The molecule has 1 aromatic carbocycles. The van der Waals surface area contributed by atoms with Gasteiger partial charge < -0.3 is 5.73 Å². The molecule has 2 N–H and O–H groups in total. The van der Waals surface area contributed by atoms with Crippen LogP contribution in [0, 0.1) is 6.92 Å². The summed E-state index contributed by atoms with van der Waals surface area (Å²) in [6.45, 7) is 1.62. The minimum absolute atomic E-state index is 0.0904. The Balaban J connectivity index is 2.39. The minimum atomic E-state index is -4.16. The molecule has 0 amide bonds. The van der Waals surface area contributed by atoms with Crippen molar-refractivity contribution in [1.82, 2.24) is 0 Å². The van der Waals surface area contributed by atoms with Crippen LogP contribution in [0.3, 0.4) is 0 Å². The van der Waals surface area contributed by atoms with Gasteiger partial charge in [-0.15, -0.1) is 11.6 Å². The van der Waals surface area contributed by atoms with Gasteiger partial charge in [-0.3, -0.25) is 0 Å². The summed E-state index contributed by atoms with van der Waals surface area (Å²) in [4.78, 5) is 0. The summed E-state index contributed by atoms with van der Waals surface area (Å²) in [6.07, 6.45) is 0. The molecule has 1 saturated carbocycles. The van der Waals surface area contributed by atoms with Crippen molar-refractivity contribution >= 4 is 17.3 Å². The Hall–Kier alpha value is -0.970. The van der Waals surface area contributed by atoms with Crippen molar-refractivity contribution in [3.8, 4) is 0 Å². The lowest BCUT2D eigenvalue weighted by molar-refractivity contribution is -0.286. The van der Waals surface area contributed by atoms with E-state index in [1.165, 1.54) is 18.2 Å². The molecule has 0 heterocycles. The maximum Gasteiger partial charge on any atom is 0.327 e. The van der Waals surface area contributed by atoms with Gasteiger partial charge in [-0.1, -0.05) is 12.1 Å². The maximum atomic E-state index is 13.3. The molecule has 6 heteroatoms. The molecule has 1 aromatic rings. The first-order chi connectivity index (χ1) is 7.69. The average molecular weight is 268 g/mol. The van der Waals surface area contributed by atoms with Crippen molar-refractivity contribution in [3.05, 3.63) is 29.3 Å². The number of rotatable bonds is 1. The third kappa shape index (κ3) is 1.52. The molecule has 2 rings (SSSR count). The van der Waals surface area contributed by atoms with E-state index < -0.39 is 23.1 Å². The van der Waals surface area contributed by atoms with E-state index in [1.54, 1.807) is 6.92 Å². The summed E-state index contributed by atoms with van der Waals surface area (Å²) >= 11 is 5.36. The average Bonchev–Trinajstić information content (AvgIpc) is 2.23. The van der Waals surface area contributed by atoms with Gasteiger partial charge in [0.2, 0.25) is 0 Å². The van der Waals surface area contributed by atoms with Gasteiger partial charge in [0.15, 0.2) is 0 Å². The van der Waals surface area contributed by atoms with Gasteiger partial charge in [0.05, 0.1) is 5.92 Å². The van der Waals surface area contributed by atoms with Crippen LogP contribution in [0.2, 0.25) is 0 Å². The Labute approximate surface area is 101 Å². The predicted octanol–water partition coefficient (Wildman–Crippen LogP) is 3.55. The second-order valence-corrected chi connectivity index (χ2v) is 4.71. The monoisotopic (exact) mass is 267 g/mol. The van der Waals surface area contributed by atoms with Gasteiger partial charge in [0.1, 0.15) is 5.38 Å². The van der Waals surface area contributed by atoms with Gasteiger partial charge >= 0.3 is 11.8 Å². The van der Waals surface area contributed by atoms with E-state index in [4.69, 9.17) is 17.3 Å². The predicted molar refractivity (Wildman–Crippen MR) is 57.9 cm³/mol. The number of aryl methyl sites for hydroxylation is 1. The van der Waals surface area contributed by atoms with Crippen LogP contribution in [0.4, 0.5) is 23.2 Å². The fourth-order valence-corrected chi connectivity index (χ4v) is 2.41. The van der Waals surface area contributed by atoms with Gasteiger partial charge in [-0.25, -0.2) is 0 Å². The Bertz CT molecular complexity index is 461. The normalized spacial score (nSPS) is 29.8. The third-order valence-electron chi connectivity index (χ3n) is 3.13. The van der Waals surface area contributed by atoms with Crippen LogP contribution in [0.25, 0.3) is 0 Å². The third-order valence-corrected chi connectivity index (χ3v) is 3.65. The van der Waals surface area contributed by atoms with Gasteiger partial charge in [0, 0.05) is 5.69 Å². The fraction of sp³-hybridized carbons (Fsp3) is 0.455. The molecule has 0 bridgehead atoms. The smallest absolute Gasteiger partial charge is 0.327 e. The number of anilines is 1. The van der Waals surface area contributed by atoms with Crippen LogP contribution in [0.15, 0.2) is 18.2 Å². The highest BCUT2D eigenvalue weighted by Gasteiger charge is 2.78. The van der Waals surface area contributed by atoms with Crippen LogP contribution >= 0.6 is 11.6 Å². The second kappa shape index (κ2) is 3.51. The first-order valence-electron chi connectivity index (χ1n) is 4.95. The summed E-state index contributed by atoms with van der Waals surface area (Å²) < 4.78 is 52.4. The molecule has 94 valence electrons. The highest BCUT2D eigenvalue weighted by Crippen LogP contribution is 2.62. The summed E-state index contributed by atoms with van der Waals surface area (Å²) in [5, 5.41) is -1.89. The first kappa shape index (κ1) is 12.5. The summed E-state index contributed by atoms with van der Waals surface area (Å²) in [6, 6.07) is 4.10. The molecule has 1 fully saturated rings. The standard InChI is InChI=1S/C11H10ClF4N/c1-5-4-6(2-3-7(5)17)8-9(12)11(15,16)10(8,13)14/h2-4,8-9H,17H2,1H3. The lowest BCUT2D eigenvalue weighted by atomic mass is 9.72. The molecule has 0 aliphatic heterocycles. The molecule has 2 atom stereocenters. The number of nitrogen functional groups attached to an aromatic ring is 1. The Morgan fingerprint density at radius 2 is 1.76 bits per heavy atom. The van der Waals surface area contributed by atoms with Crippen LogP contribution in [-0.2, 0) is 0 Å². The topological polar surface area (TPSA) is 26.0 Å². The molecule has 0 aromatic heterocycles. The Morgan fingerprint density at radius 1 is 1.18 bits per heavy atom. The van der Waals surface area contributed by atoms with E-state index in [1.807, 2.05) is 0 Å². The first-order valence-corrected chi connectivity index (χ1v) is 5.39. The van der Waals surface area contributed by atoms with Crippen molar-refractivity contribution < 1.29 is 17.6 Å². The van der Waals surface area contributed by atoms with Gasteiger partial charge in [-0.05, 0) is 24.1 Å². The number of benzene rings is 1. The summed E-state index contributed by atoms with van der Waals surface area (Å²) in [5.74, 6) is -9.94. The van der Waals surface area contributed by atoms with E-state index >= 15 is 0 Å². The molecular formula is C11H10ClF4N. The van der Waals surface area contributed by atoms with Crippen molar-refractivity contribution in [2.24, 2.45) is 0 Å². The number of hydrogen-bond acceptors (Lipinski definition) is 1. The second-order valence-electron chi connectivity index (χ2n) is 4.24. The Kier molecular flexibility index (Phi) is 2.58.